The van der Waals surface area contributed by atoms with Crippen molar-refractivity contribution < 1.29 is 0 Å². The van der Waals surface area contributed by atoms with Crippen LogP contribution in [0.4, 0.5) is 0 Å². The maximum Gasteiger partial charge on any atom is 0.127 e. The average molecular weight is 266 g/mol. The van der Waals surface area contributed by atoms with Gasteiger partial charge in [-0.3, -0.25) is 0 Å². The summed E-state index contributed by atoms with van der Waals surface area (Å²) in [5.41, 5.74) is 0.0624. The molecule has 0 spiro atoms. The van der Waals surface area contributed by atoms with Crippen molar-refractivity contribution >= 4 is 0 Å². The van der Waals surface area contributed by atoms with E-state index in [1.807, 2.05) is 6.20 Å². The van der Waals surface area contributed by atoms with Crippen LogP contribution in [0.3, 0.4) is 0 Å². The second kappa shape index (κ2) is 7.06. The van der Waals surface area contributed by atoms with Crippen molar-refractivity contribution in [3.63, 3.8) is 0 Å². The van der Waals surface area contributed by atoms with E-state index in [-0.39, 0.29) is 11.6 Å². The fraction of sp³-hybridized carbons (Fsp3) is 0.800. The molecule has 110 valence electrons. The van der Waals surface area contributed by atoms with Gasteiger partial charge < -0.3 is 14.8 Å². The summed E-state index contributed by atoms with van der Waals surface area (Å²) < 4.78 is 2.28. The Hall–Kier alpha value is -0.870. The first-order valence-corrected chi connectivity index (χ1v) is 7.43. The lowest BCUT2D eigenvalue weighted by atomic mass is 9.87. The van der Waals surface area contributed by atoms with Gasteiger partial charge in [-0.15, -0.1) is 0 Å². The smallest absolute Gasteiger partial charge is 0.127 e. The molecule has 2 unspecified atom stereocenters. The zero-order valence-corrected chi connectivity index (χ0v) is 13.4. The molecule has 1 rings (SSSR count). The van der Waals surface area contributed by atoms with Crippen LogP contribution in [0.15, 0.2) is 12.4 Å². The molecule has 4 nitrogen and oxygen atoms in total. The molecule has 1 N–H and O–H groups in total. The lowest BCUT2D eigenvalue weighted by Crippen LogP contribution is -2.52. The number of nitrogens with one attached hydrogen (secondary N) is 1. The summed E-state index contributed by atoms with van der Waals surface area (Å²) in [5, 5.41) is 3.63. The van der Waals surface area contributed by atoms with Gasteiger partial charge in [0.05, 0.1) is 6.04 Å². The summed E-state index contributed by atoms with van der Waals surface area (Å²) in [6.45, 7) is 10.9. The molecule has 0 bridgehead atoms. The highest BCUT2D eigenvalue weighted by Crippen LogP contribution is 2.32. The van der Waals surface area contributed by atoms with E-state index in [9.17, 15) is 0 Å². The summed E-state index contributed by atoms with van der Waals surface area (Å²) in [7, 11) is 4.31. The first-order valence-electron chi connectivity index (χ1n) is 7.43. The number of hydrogen-bond donors (Lipinski definition) is 1. The van der Waals surface area contributed by atoms with Crippen LogP contribution in [0.1, 0.15) is 52.4 Å². The second-order valence-electron chi connectivity index (χ2n) is 5.57. The normalized spacial score (nSPS) is 16.6. The largest absolute Gasteiger partial charge is 0.334 e. The third-order valence-corrected chi connectivity index (χ3v) is 4.24. The molecule has 1 aromatic heterocycles. The van der Waals surface area contributed by atoms with Gasteiger partial charge >= 0.3 is 0 Å². The molecule has 0 saturated carbocycles. The number of likely N-dealkylation sites (N-methyl/N-ethyl adjacent to an activating group) is 2. The molecule has 1 aromatic rings. The molecule has 4 heteroatoms. The quantitative estimate of drug-likeness (QED) is 0.785. The van der Waals surface area contributed by atoms with E-state index < -0.39 is 0 Å². The van der Waals surface area contributed by atoms with Gasteiger partial charge in [0, 0.05) is 24.5 Å². The Bertz CT molecular complexity index is 372. The predicted octanol–water partition coefficient (Wildman–Crippen LogP) is 2.67. The average Bonchev–Trinajstić information content (AvgIpc) is 2.83. The van der Waals surface area contributed by atoms with Crippen LogP contribution < -0.4 is 5.32 Å². The van der Waals surface area contributed by atoms with E-state index in [4.69, 9.17) is 0 Å². The van der Waals surface area contributed by atoms with Crippen molar-refractivity contribution in [2.75, 3.05) is 20.6 Å². The molecule has 1 heterocycles. The Kier molecular flexibility index (Phi) is 6.01. The molecule has 0 radical (unpaired) electrons. The summed E-state index contributed by atoms with van der Waals surface area (Å²) in [6.07, 6.45) is 6.22. The van der Waals surface area contributed by atoms with E-state index in [1.165, 1.54) is 0 Å². The van der Waals surface area contributed by atoms with Gasteiger partial charge in [0.2, 0.25) is 0 Å². The maximum atomic E-state index is 4.62. The highest BCUT2D eigenvalue weighted by molar-refractivity contribution is 5.09. The maximum absolute atomic E-state index is 4.62. The second-order valence-corrected chi connectivity index (χ2v) is 5.57. The van der Waals surface area contributed by atoms with E-state index in [2.05, 4.69) is 67.8 Å². The topological polar surface area (TPSA) is 33.1 Å². The number of aryl methyl sites for hydroxylation is 1. The molecular formula is C15H30N4. The van der Waals surface area contributed by atoms with Gasteiger partial charge in [-0.1, -0.05) is 20.8 Å². The Morgan fingerprint density at radius 1 is 1.37 bits per heavy atom. The fourth-order valence-electron chi connectivity index (χ4n) is 2.58. The van der Waals surface area contributed by atoms with Crippen LogP contribution >= 0.6 is 0 Å². The Morgan fingerprint density at radius 3 is 2.53 bits per heavy atom. The molecule has 0 aliphatic rings. The van der Waals surface area contributed by atoms with Crippen molar-refractivity contribution in [3.05, 3.63) is 18.2 Å². The van der Waals surface area contributed by atoms with Crippen LogP contribution in [-0.4, -0.2) is 40.6 Å². The fourth-order valence-corrected chi connectivity index (χ4v) is 2.58. The first-order chi connectivity index (χ1) is 9.01. The van der Waals surface area contributed by atoms with E-state index in [1.54, 1.807) is 0 Å². The number of aromatic nitrogens is 2. The molecule has 0 aliphatic carbocycles. The van der Waals surface area contributed by atoms with Gasteiger partial charge in [0.25, 0.3) is 0 Å². The summed E-state index contributed by atoms with van der Waals surface area (Å²) in [6, 6.07) is 0.249. The minimum absolute atomic E-state index is 0.0624. The first kappa shape index (κ1) is 16.2. The third-order valence-electron chi connectivity index (χ3n) is 4.24. The zero-order chi connectivity index (χ0) is 14.5. The molecular weight excluding hydrogens is 236 g/mol. The predicted molar refractivity (Wildman–Crippen MR) is 81.3 cm³/mol. The van der Waals surface area contributed by atoms with Crippen LogP contribution in [0.5, 0.6) is 0 Å². The van der Waals surface area contributed by atoms with Crippen molar-refractivity contribution in [3.8, 4) is 0 Å². The molecule has 0 amide bonds. The van der Waals surface area contributed by atoms with Crippen LogP contribution in [0.25, 0.3) is 0 Å². The number of rotatable bonds is 8. The number of imidazole rings is 1. The minimum Gasteiger partial charge on any atom is -0.334 e. The molecule has 0 aliphatic heterocycles. The van der Waals surface area contributed by atoms with Gasteiger partial charge in [-0.25, -0.2) is 4.98 Å². The third kappa shape index (κ3) is 3.37. The lowest BCUT2D eigenvalue weighted by Gasteiger charge is -2.42. The van der Waals surface area contributed by atoms with Crippen molar-refractivity contribution in [2.24, 2.45) is 0 Å². The van der Waals surface area contributed by atoms with Crippen LogP contribution in [-0.2, 0) is 6.54 Å². The summed E-state index contributed by atoms with van der Waals surface area (Å²) >= 11 is 0. The number of nitrogens with zero attached hydrogens (tertiary/aromatic N) is 3. The van der Waals surface area contributed by atoms with Crippen molar-refractivity contribution in [2.45, 2.75) is 58.7 Å². The Morgan fingerprint density at radius 2 is 2.05 bits per heavy atom. The zero-order valence-electron chi connectivity index (χ0n) is 13.4. The van der Waals surface area contributed by atoms with Crippen molar-refractivity contribution in [1.82, 2.24) is 19.8 Å². The summed E-state index contributed by atoms with van der Waals surface area (Å²) in [4.78, 5) is 6.93. The molecule has 0 fully saturated rings. The van der Waals surface area contributed by atoms with Gasteiger partial charge in [-0.2, -0.15) is 0 Å². The SMILES string of the molecule is CCCn1ccnc1C(NCC)C(C)(CC)N(C)C. The Labute approximate surface area is 118 Å². The summed E-state index contributed by atoms with van der Waals surface area (Å²) in [5.74, 6) is 1.15. The molecule has 2 atom stereocenters. The lowest BCUT2D eigenvalue weighted by molar-refractivity contribution is 0.107. The van der Waals surface area contributed by atoms with E-state index >= 15 is 0 Å². The van der Waals surface area contributed by atoms with Crippen molar-refractivity contribution in [1.29, 1.82) is 0 Å². The Balaban J connectivity index is 3.15. The van der Waals surface area contributed by atoms with E-state index in [0.29, 0.717) is 0 Å². The standard InChI is InChI=1S/C15H30N4/c1-7-11-19-12-10-17-14(19)13(16-9-3)15(4,8-2)18(5)6/h10,12-13,16H,7-9,11H2,1-6H3. The minimum atomic E-state index is 0.0624. The molecule has 0 saturated heterocycles. The highest BCUT2D eigenvalue weighted by atomic mass is 15.2. The number of hydrogen-bond acceptors (Lipinski definition) is 3. The van der Waals surface area contributed by atoms with Gasteiger partial charge in [0.1, 0.15) is 5.82 Å². The molecule has 0 aromatic carbocycles. The van der Waals surface area contributed by atoms with Crippen LogP contribution in [0, 0.1) is 0 Å². The van der Waals surface area contributed by atoms with Gasteiger partial charge in [-0.05, 0) is 40.4 Å². The van der Waals surface area contributed by atoms with Crippen LogP contribution in [0.2, 0.25) is 0 Å². The van der Waals surface area contributed by atoms with E-state index in [0.717, 1.165) is 31.8 Å². The highest BCUT2D eigenvalue weighted by Gasteiger charge is 2.37. The monoisotopic (exact) mass is 266 g/mol. The van der Waals surface area contributed by atoms with Gasteiger partial charge in [0.15, 0.2) is 0 Å². The molecule has 19 heavy (non-hydrogen) atoms.